The molecule has 0 bridgehead atoms. The summed E-state index contributed by atoms with van der Waals surface area (Å²) in [6.07, 6.45) is 0.675. The SMILES string of the molecule is O=C(O)C1CCOc2cc(Oc3ccc(C(=O)N(CCc4ccccc4)OC(F)F)cc3)c(Cl)cc21. The number of halogens is 3. The highest BCUT2D eigenvalue weighted by Gasteiger charge is 2.29. The number of rotatable bonds is 9. The molecule has 10 heteroatoms. The number of carboxylic acids is 1. The van der Waals surface area contributed by atoms with Crippen molar-refractivity contribution in [2.45, 2.75) is 25.4 Å². The van der Waals surface area contributed by atoms with Crippen molar-refractivity contribution in [3.05, 3.63) is 88.4 Å². The molecular weight excluding hydrogens is 496 g/mol. The molecule has 1 amide bonds. The van der Waals surface area contributed by atoms with Gasteiger partial charge in [-0.05, 0) is 48.7 Å². The maximum Gasteiger partial charge on any atom is 0.365 e. The van der Waals surface area contributed by atoms with Crippen molar-refractivity contribution in [2.75, 3.05) is 13.2 Å². The van der Waals surface area contributed by atoms with E-state index in [9.17, 15) is 23.5 Å². The van der Waals surface area contributed by atoms with Gasteiger partial charge in [-0.2, -0.15) is 8.78 Å². The third-order valence-corrected chi connectivity index (χ3v) is 5.91. The maximum absolute atomic E-state index is 12.9. The highest BCUT2D eigenvalue weighted by atomic mass is 35.5. The number of hydroxylamine groups is 2. The normalized spacial score (nSPS) is 14.6. The molecule has 36 heavy (non-hydrogen) atoms. The molecule has 4 rings (SSSR count). The fourth-order valence-corrected chi connectivity index (χ4v) is 4.05. The number of carbonyl (C=O) groups is 2. The molecule has 1 unspecified atom stereocenters. The van der Waals surface area contributed by atoms with Crippen LogP contribution in [-0.2, 0) is 16.1 Å². The summed E-state index contributed by atoms with van der Waals surface area (Å²) in [5, 5.41) is 10.3. The molecule has 1 aliphatic heterocycles. The van der Waals surface area contributed by atoms with E-state index >= 15 is 0 Å². The lowest BCUT2D eigenvalue weighted by atomic mass is 9.93. The van der Waals surface area contributed by atoms with Crippen LogP contribution in [0, 0.1) is 0 Å². The molecule has 0 spiro atoms. The zero-order valence-corrected chi connectivity index (χ0v) is 19.7. The van der Waals surface area contributed by atoms with Crippen molar-refractivity contribution in [1.82, 2.24) is 5.06 Å². The van der Waals surface area contributed by atoms with Crippen molar-refractivity contribution in [3.8, 4) is 17.2 Å². The summed E-state index contributed by atoms with van der Waals surface area (Å²) in [5.41, 5.74) is 1.47. The Bertz CT molecular complexity index is 1220. The molecule has 0 fully saturated rings. The second-order valence-corrected chi connectivity index (χ2v) is 8.39. The van der Waals surface area contributed by atoms with Gasteiger partial charge in [0.2, 0.25) is 0 Å². The Morgan fingerprint density at radius 3 is 2.50 bits per heavy atom. The Morgan fingerprint density at radius 2 is 1.83 bits per heavy atom. The van der Waals surface area contributed by atoms with E-state index in [1.165, 1.54) is 36.4 Å². The molecular formula is C26H22ClF2NO6. The molecule has 1 heterocycles. The molecule has 0 saturated heterocycles. The summed E-state index contributed by atoms with van der Waals surface area (Å²) in [7, 11) is 0. The Kier molecular flexibility index (Phi) is 8.02. The van der Waals surface area contributed by atoms with E-state index in [2.05, 4.69) is 4.84 Å². The Balaban J connectivity index is 1.47. The lowest BCUT2D eigenvalue weighted by Crippen LogP contribution is -2.34. The van der Waals surface area contributed by atoms with Gasteiger partial charge < -0.3 is 14.6 Å². The molecule has 0 saturated carbocycles. The highest BCUT2D eigenvalue weighted by Crippen LogP contribution is 2.41. The van der Waals surface area contributed by atoms with Crippen LogP contribution in [0.5, 0.6) is 17.2 Å². The third-order valence-electron chi connectivity index (χ3n) is 5.61. The van der Waals surface area contributed by atoms with E-state index in [4.69, 9.17) is 21.1 Å². The number of benzene rings is 3. The summed E-state index contributed by atoms with van der Waals surface area (Å²) in [6, 6.07) is 18.0. The van der Waals surface area contributed by atoms with E-state index in [0.29, 0.717) is 35.0 Å². The first-order valence-corrected chi connectivity index (χ1v) is 11.5. The largest absolute Gasteiger partial charge is 0.493 e. The number of carboxylic acid groups (broad SMARTS) is 1. The number of alkyl halides is 2. The van der Waals surface area contributed by atoms with E-state index in [1.54, 1.807) is 0 Å². The van der Waals surface area contributed by atoms with Crippen LogP contribution in [0.1, 0.15) is 33.8 Å². The second kappa shape index (κ2) is 11.4. The molecule has 3 aromatic rings. The predicted molar refractivity (Wildman–Crippen MR) is 127 cm³/mol. The molecule has 1 atom stereocenters. The van der Waals surface area contributed by atoms with Crippen LogP contribution in [0.3, 0.4) is 0 Å². The third kappa shape index (κ3) is 6.10. The molecule has 0 aromatic heterocycles. The molecule has 0 aliphatic carbocycles. The lowest BCUT2D eigenvalue weighted by Gasteiger charge is -2.24. The van der Waals surface area contributed by atoms with Crippen LogP contribution >= 0.6 is 11.6 Å². The minimum Gasteiger partial charge on any atom is -0.493 e. The summed E-state index contributed by atoms with van der Waals surface area (Å²) >= 11 is 6.32. The maximum atomic E-state index is 12.9. The molecule has 1 N–H and O–H groups in total. The average molecular weight is 518 g/mol. The molecule has 1 aliphatic rings. The van der Waals surface area contributed by atoms with Gasteiger partial charge in [0.05, 0.1) is 24.1 Å². The van der Waals surface area contributed by atoms with E-state index < -0.39 is 24.4 Å². The number of ether oxygens (including phenoxy) is 2. The van der Waals surface area contributed by atoms with Crippen molar-refractivity contribution < 1.29 is 37.8 Å². The fraction of sp³-hybridized carbons (Fsp3) is 0.231. The van der Waals surface area contributed by atoms with Crippen LogP contribution in [0.15, 0.2) is 66.7 Å². The lowest BCUT2D eigenvalue weighted by molar-refractivity contribution is -0.256. The average Bonchev–Trinajstić information content (AvgIpc) is 2.87. The van der Waals surface area contributed by atoms with Gasteiger partial charge in [-0.15, -0.1) is 0 Å². The smallest absolute Gasteiger partial charge is 0.365 e. The summed E-state index contributed by atoms with van der Waals surface area (Å²) in [6.45, 7) is -2.96. The molecule has 0 radical (unpaired) electrons. The van der Waals surface area contributed by atoms with Crippen LogP contribution in [0.25, 0.3) is 0 Å². The van der Waals surface area contributed by atoms with Gasteiger partial charge in [0.15, 0.2) is 0 Å². The Labute approximate surface area is 210 Å². The number of nitrogens with zero attached hydrogens (tertiary/aromatic N) is 1. The van der Waals surface area contributed by atoms with Gasteiger partial charge >= 0.3 is 12.6 Å². The zero-order chi connectivity index (χ0) is 25.7. The van der Waals surface area contributed by atoms with Gasteiger partial charge in [-0.3, -0.25) is 9.59 Å². The fourth-order valence-electron chi connectivity index (χ4n) is 3.83. The van der Waals surface area contributed by atoms with Crippen LogP contribution in [0.4, 0.5) is 8.78 Å². The van der Waals surface area contributed by atoms with Crippen molar-refractivity contribution >= 4 is 23.5 Å². The van der Waals surface area contributed by atoms with Gasteiger partial charge in [0.1, 0.15) is 17.2 Å². The molecule has 188 valence electrons. The first kappa shape index (κ1) is 25.4. The van der Waals surface area contributed by atoms with E-state index in [-0.39, 0.29) is 29.5 Å². The quantitative estimate of drug-likeness (QED) is 0.354. The first-order valence-electron chi connectivity index (χ1n) is 11.1. The van der Waals surface area contributed by atoms with E-state index in [1.807, 2.05) is 30.3 Å². The number of carbonyl (C=O) groups excluding carboxylic acids is 1. The number of hydrogen-bond acceptors (Lipinski definition) is 5. The minimum absolute atomic E-state index is 0.0620. The van der Waals surface area contributed by atoms with Gasteiger partial charge in [0, 0.05) is 17.2 Å². The number of fused-ring (bicyclic) bond motifs is 1. The topological polar surface area (TPSA) is 85.3 Å². The number of amides is 1. The molecule has 7 nitrogen and oxygen atoms in total. The highest BCUT2D eigenvalue weighted by molar-refractivity contribution is 6.32. The van der Waals surface area contributed by atoms with Gasteiger partial charge in [-0.25, -0.2) is 9.90 Å². The molecule has 3 aromatic carbocycles. The zero-order valence-electron chi connectivity index (χ0n) is 18.9. The summed E-state index contributed by atoms with van der Waals surface area (Å²) < 4.78 is 37.2. The standard InChI is InChI=1S/C26H22ClF2NO6/c27-21-14-20-19(25(32)33)11-13-34-22(20)15-23(21)35-18-8-6-17(7-9-18)24(31)30(36-26(28)29)12-10-16-4-2-1-3-5-16/h1-9,14-15,19,26H,10-13H2,(H,32,33). The predicted octanol–water partition coefficient (Wildman–Crippen LogP) is 5.92. The minimum atomic E-state index is -3.15. The Morgan fingerprint density at radius 1 is 1.11 bits per heavy atom. The van der Waals surface area contributed by atoms with Gasteiger partial charge in [-0.1, -0.05) is 41.9 Å². The van der Waals surface area contributed by atoms with Crippen molar-refractivity contribution in [2.24, 2.45) is 0 Å². The summed E-state index contributed by atoms with van der Waals surface area (Å²) in [4.78, 5) is 28.8. The van der Waals surface area contributed by atoms with Crippen LogP contribution < -0.4 is 9.47 Å². The van der Waals surface area contributed by atoms with E-state index in [0.717, 1.165) is 5.56 Å². The van der Waals surface area contributed by atoms with Crippen molar-refractivity contribution in [1.29, 1.82) is 0 Å². The van der Waals surface area contributed by atoms with Crippen molar-refractivity contribution in [3.63, 3.8) is 0 Å². The Hall–Kier alpha value is -3.69. The number of hydrogen-bond donors (Lipinski definition) is 1. The van der Waals surface area contributed by atoms with Crippen LogP contribution in [0.2, 0.25) is 5.02 Å². The number of aliphatic carboxylic acids is 1. The van der Waals surface area contributed by atoms with Crippen LogP contribution in [-0.4, -0.2) is 41.8 Å². The first-order chi connectivity index (χ1) is 17.3. The van der Waals surface area contributed by atoms with Gasteiger partial charge in [0.25, 0.3) is 5.91 Å². The summed E-state index contributed by atoms with van der Waals surface area (Å²) in [5.74, 6) is -1.46. The second-order valence-electron chi connectivity index (χ2n) is 7.98. The monoisotopic (exact) mass is 517 g/mol.